The van der Waals surface area contributed by atoms with Crippen molar-refractivity contribution in [2.75, 3.05) is 6.54 Å². The molecule has 130 valence electrons. The summed E-state index contributed by atoms with van der Waals surface area (Å²) in [5.74, 6) is -1.15. The number of carbonyl (C=O) groups excluding carboxylic acids is 1. The van der Waals surface area contributed by atoms with Crippen LogP contribution in [0.5, 0.6) is 0 Å². The fraction of sp³-hybridized carbons (Fsp3) is 0.263. The molecule has 0 aliphatic carbocycles. The standard InChI is InChI=1S/C19H20N2O4/c1-3-15-14(19(23)24)9-16(25-15)18(22)20-8-7-12-10-21-17-11(2)5-4-6-13(12)17/h4-6,9-10,21H,3,7-8H2,1-2H3,(H,20,22)(H,23,24). The maximum absolute atomic E-state index is 12.2. The molecule has 1 amide bonds. The number of hydrogen-bond donors (Lipinski definition) is 3. The Labute approximate surface area is 144 Å². The number of carbonyl (C=O) groups is 2. The Kier molecular flexibility index (Phi) is 4.61. The topological polar surface area (TPSA) is 95.3 Å². The number of aromatic nitrogens is 1. The average molecular weight is 340 g/mol. The number of rotatable bonds is 6. The van der Waals surface area contributed by atoms with Gasteiger partial charge in [0.1, 0.15) is 11.3 Å². The van der Waals surface area contributed by atoms with Crippen molar-refractivity contribution in [3.63, 3.8) is 0 Å². The number of benzene rings is 1. The molecule has 25 heavy (non-hydrogen) atoms. The number of furan rings is 1. The number of hydrogen-bond acceptors (Lipinski definition) is 3. The highest BCUT2D eigenvalue weighted by Crippen LogP contribution is 2.21. The van der Waals surface area contributed by atoms with E-state index >= 15 is 0 Å². The lowest BCUT2D eigenvalue weighted by atomic mass is 10.1. The van der Waals surface area contributed by atoms with E-state index in [2.05, 4.69) is 16.4 Å². The zero-order valence-electron chi connectivity index (χ0n) is 14.2. The molecule has 6 nitrogen and oxygen atoms in total. The van der Waals surface area contributed by atoms with Gasteiger partial charge in [-0.15, -0.1) is 0 Å². The Hall–Kier alpha value is -3.02. The summed E-state index contributed by atoms with van der Waals surface area (Å²) in [6, 6.07) is 7.39. The Morgan fingerprint density at radius 3 is 2.80 bits per heavy atom. The average Bonchev–Trinajstić information content (AvgIpc) is 3.20. The van der Waals surface area contributed by atoms with Crippen molar-refractivity contribution in [1.29, 1.82) is 0 Å². The Bertz CT molecular complexity index is 936. The van der Waals surface area contributed by atoms with Gasteiger partial charge < -0.3 is 19.8 Å². The summed E-state index contributed by atoms with van der Waals surface area (Å²) in [5.41, 5.74) is 3.45. The molecule has 0 unspecified atom stereocenters. The van der Waals surface area contributed by atoms with Gasteiger partial charge in [-0.3, -0.25) is 4.79 Å². The molecule has 2 aromatic heterocycles. The molecule has 2 heterocycles. The molecule has 0 spiro atoms. The Balaban J connectivity index is 1.66. The molecular weight excluding hydrogens is 320 g/mol. The van der Waals surface area contributed by atoms with E-state index in [0.717, 1.165) is 16.5 Å². The van der Waals surface area contributed by atoms with E-state index in [1.165, 1.54) is 11.6 Å². The second-order valence-corrected chi connectivity index (χ2v) is 5.92. The minimum Gasteiger partial charge on any atom is -0.478 e. The van der Waals surface area contributed by atoms with Crippen LogP contribution in [0.4, 0.5) is 0 Å². The SMILES string of the molecule is CCc1oc(C(=O)NCCc2c[nH]c3c(C)cccc23)cc1C(=O)O. The van der Waals surface area contributed by atoms with Crippen molar-refractivity contribution in [2.45, 2.75) is 26.7 Å². The van der Waals surface area contributed by atoms with E-state index in [1.807, 2.05) is 25.3 Å². The fourth-order valence-corrected chi connectivity index (χ4v) is 2.95. The van der Waals surface area contributed by atoms with Crippen molar-refractivity contribution in [1.82, 2.24) is 10.3 Å². The minimum absolute atomic E-state index is 0.0315. The predicted octanol–water partition coefficient (Wildman–Crippen LogP) is 3.30. The summed E-state index contributed by atoms with van der Waals surface area (Å²) >= 11 is 0. The number of amides is 1. The number of H-pyrrole nitrogens is 1. The lowest BCUT2D eigenvalue weighted by Crippen LogP contribution is -2.25. The number of para-hydroxylation sites is 1. The highest BCUT2D eigenvalue weighted by atomic mass is 16.4. The van der Waals surface area contributed by atoms with Gasteiger partial charge in [-0.1, -0.05) is 25.1 Å². The highest BCUT2D eigenvalue weighted by Gasteiger charge is 2.19. The van der Waals surface area contributed by atoms with Crippen LogP contribution < -0.4 is 5.32 Å². The Morgan fingerprint density at radius 1 is 1.32 bits per heavy atom. The van der Waals surface area contributed by atoms with Crippen LogP contribution in [0, 0.1) is 6.92 Å². The van der Waals surface area contributed by atoms with Crippen molar-refractivity contribution < 1.29 is 19.1 Å². The maximum Gasteiger partial charge on any atom is 0.339 e. The summed E-state index contributed by atoms with van der Waals surface area (Å²) in [4.78, 5) is 26.6. The molecule has 0 aliphatic rings. The molecule has 0 aliphatic heterocycles. The quantitative estimate of drug-likeness (QED) is 0.641. The third-order valence-corrected chi connectivity index (χ3v) is 4.27. The fourth-order valence-electron chi connectivity index (χ4n) is 2.95. The number of carboxylic acids is 1. The van der Waals surface area contributed by atoms with Crippen LogP contribution in [0.15, 0.2) is 34.9 Å². The second kappa shape index (κ2) is 6.84. The summed E-state index contributed by atoms with van der Waals surface area (Å²) < 4.78 is 5.36. The first-order valence-electron chi connectivity index (χ1n) is 8.21. The number of aromatic amines is 1. The first kappa shape index (κ1) is 16.8. The van der Waals surface area contributed by atoms with Crippen molar-refractivity contribution in [2.24, 2.45) is 0 Å². The molecule has 3 rings (SSSR count). The van der Waals surface area contributed by atoms with Gasteiger partial charge in [-0.2, -0.15) is 0 Å². The van der Waals surface area contributed by atoms with E-state index < -0.39 is 11.9 Å². The minimum atomic E-state index is -1.09. The predicted molar refractivity (Wildman–Crippen MR) is 94.1 cm³/mol. The maximum atomic E-state index is 12.2. The van der Waals surface area contributed by atoms with E-state index in [1.54, 1.807) is 6.92 Å². The second-order valence-electron chi connectivity index (χ2n) is 5.92. The molecule has 0 atom stereocenters. The van der Waals surface area contributed by atoms with Gasteiger partial charge in [0.05, 0.1) is 0 Å². The van der Waals surface area contributed by atoms with E-state index in [4.69, 9.17) is 9.52 Å². The largest absolute Gasteiger partial charge is 0.478 e. The van der Waals surface area contributed by atoms with E-state index in [0.29, 0.717) is 25.1 Å². The molecule has 0 radical (unpaired) electrons. The summed E-state index contributed by atoms with van der Waals surface area (Å²) in [5, 5.41) is 13.0. The van der Waals surface area contributed by atoms with Crippen LogP contribution >= 0.6 is 0 Å². The first-order chi connectivity index (χ1) is 12.0. The molecule has 0 saturated carbocycles. The van der Waals surface area contributed by atoms with Gasteiger partial charge in [-0.05, 0) is 24.5 Å². The number of carboxylic acid groups (broad SMARTS) is 1. The molecule has 0 bridgehead atoms. The van der Waals surface area contributed by atoms with Crippen LogP contribution in [-0.4, -0.2) is 28.5 Å². The molecule has 3 aromatic rings. The lowest BCUT2D eigenvalue weighted by molar-refractivity contribution is 0.0694. The third-order valence-electron chi connectivity index (χ3n) is 4.27. The molecule has 1 aromatic carbocycles. The number of nitrogens with one attached hydrogen (secondary N) is 2. The van der Waals surface area contributed by atoms with Crippen LogP contribution in [-0.2, 0) is 12.8 Å². The zero-order chi connectivity index (χ0) is 18.0. The van der Waals surface area contributed by atoms with Crippen molar-refractivity contribution >= 4 is 22.8 Å². The smallest absolute Gasteiger partial charge is 0.339 e. The normalized spacial score (nSPS) is 11.0. The van der Waals surface area contributed by atoms with Gasteiger partial charge >= 0.3 is 5.97 Å². The van der Waals surface area contributed by atoms with E-state index in [9.17, 15) is 9.59 Å². The van der Waals surface area contributed by atoms with Gasteiger partial charge in [0.15, 0.2) is 5.76 Å². The molecule has 0 saturated heterocycles. The number of aromatic carboxylic acids is 1. The third kappa shape index (κ3) is 3.28. The number of fused-ring (bicyclic) bond motifs is 1. The van der Waals surface area contributed by atoms with Gasteiger partial charge in [0, 0.05) is 36.1 Å². The van der Waals surface area contributed by atoms with Crippen molar-refractivity contribution in [3.8, 4) is 0 Å². The van der Waals surface area contributed by atoms with Gasteiger partial charge in [-0.25, -0.2) is 4.79 Å². The first-order valence-corrected chi connectivity index (χ1v) is 8.21. The highest BCUT2D eigenvalue weighted by molar-refractivity contribution is 5.96. The van der Waals surface area contributed by atoms with Gasteiger partial charge in [0.2, 0.25) is 0 Å². The Morgan fingerprint density at radius 2 is 2.12 bits per heavy atom. The van der Waals surface area contributed by atoms with Crippen molar-refractivity contribution in [3.05, 3.63) is 58.7 Å². The molecular formula is C19H20N2O4. The summed E-state index contributed by atoms with van der Waals surface area (Å²) in [6.07, 6.45) is 3.04. The molecule has 6 heteroatoms. The lowest BCUT2D eigenvalue weighted by Gasteiger charge is -2.03. The van der Waals surface area contributed by atoms with Crippen LogP contribution in [0.3, 0.4) is 0 Å². The van der Waals surface area contributed by atoms with Crippen LogP contribution in [0.25, 0.3) is 10.9 Å². The summed E-state index contributed by atoms with van der Waals surface area (Å²) in [7, 11) is 0. The summed E-state index contributed by atoms with van der Waals surface area (Å²) in [6.45, 7) is 4.27. The van der Waals surface area contributed by atoms with Gasteiger partial charge in [0.25, 0.3) is 5.91 Å². The molecule has 0 fully saturated rings. The van der Waals surface area contributed by atoms with E-state index in [-0.39, 0.29) is 11.3 Å². The number of aryl methyl sites for hydroxylation is 2. The van der Waals surface area contributed by atoms with Crippen LogP contribution in [0.1, 0.15) is 44.7 Å². The monoisotopic (exact) mass is 340 g/mol. The van der Waals surface area contributed by atoms with Crippen LogP contribution in [0.2, 0.25) is 0 Å². The molecule has 3 N–H and O–H groups in total. The zero-order valence-corrected chi connectivity index (χ0v) is 14.2.